The summed E-state index contributed by atoms with van der Waals surface area (Å²) in [6, 6.07) is 0.494. The van der Waals surface area contributed by atoms with Crippen LogP contribution in [-0.4, -0.2) is 42.0 Å². The van der Waals surface area contributed by atoms with E-state index in [2.05, 4.69) is 17.1 Å². The van der Waals surface area contributed by atoms with Crippen LogP contribution in [-0.2, 0) is 4.79 Å². The second-order valence-electron chi connectivity index (χ2n) is 6.62. The van der Waals surface area contributed by atoms with Crippen LogP contribution in [0, 0.1) is 0 Å². The van der Waals surface area contributed by atoms with Crippen LogP contribution in [0.1, 0.15) is 64.7 Å². The van der Waals surface area contributed by atoms with Gasteiger partial charge in [-0.3, -0.25) is 4.79 Å². The highest BCUT2D eigenvalue weighted by atomic mass is 16.1. The minimum atomic E-state index is -0.454. The summed E-state index contributed by atoms with van der Waals surface area (Å²) >= 11 is 0. The molecule has 1 aliphatic carbocycles. The number of likely N-dealkylation sites (tertiary alicyclic amines) is 1. The predicted octanol–water partition coefficient (Wildman–Crippen LogP) is 2.03. The van der Waals surface area contributed by atoms with Crippen molar-refractivity contribution in [1.82, 2.24) is 10.2 Å². The molecule has 1 atom stereocenters. The topological polar surface area (TPSA) is 58.4 Å². The molecule has 3 N–H and O–H groups in total. The molecule has 1 unspecified atom stereocenters. The fourth-order valence-corrected chi connectivity index (χ4v) is 3.83. The highest BCUT2D eigenvalue weighted by Gasteiger charge is 2.39. The van der Waals surface area contributed by atoms with Crippen molar-refractivity contribution in [3.63, 3.8) is 0 Å². The Bertz CT molecular complexity index is 315. The van der Waals surface area contributed by atoms with Gasteiger partial charge in [0, 0.05) is 12.6 Å². The van der Waals surface area contributed by atoms with Crippen LogP contribution in [0.2, 0.25) is 0 Å². The molecule has 2 rings (SSSR count). The van der Waals surface area contributed by atoms with Gasteiger partial charge in [0.2, 0.25) is 5.91 Å². The van der Waals surface area contributed by atoms with Gasteiger partial charge >= 0.3 is 0 Å². The molecule has 1 saturated carbocycles. The maximum atomic E-state index is 12.1. The normalized spacial score (nSPS) is 30.1. The van der Waals surface area contributed by atoms with E-state index in [1.165, 1.54) is 38.5 Å². The molecule has 0 bridgehead atoms. The second-order valence-corrected chi connectivity index (χ2v) is 6.62. The maximum Gasteiger partial charge on any atom is 0.237 e. The summed E-state index contributed by atoms with van der Waals surface area (Å²) in [7, 11) is 0. The Hall–Kier alpha value is -0.610. The zero-order valence-corrected chi connectivity index (χ0v) is 13.0. The van der Waals surface area contributed by atoms with Crippen LogP contribution in [0.3, 0.4) is 0 Å². The molecule has 0 aromatic carbocycles. The van der Waals surface area contributed by atoms with E-state index in [9.17, 15) is 4.79 Å². The Labute approximate surface area is 123 Å². The van der Waals surface area contributed by atoms with Gasteiger partial charge in [0.25, 0.3) is 0 Å². The zero-order valence-electron chi connectivity index (χ0n) is 13.0. The van der Waals surface area contributed by atoms with Gasteiger partial charge in [0.15, 0.2) is 0 Å². The molecule has 1 amide bonds. The fourth-order valence-electron chi connectivity index (χ4n) is 3.83. The number of nitrogens with zero attached hydrogens (tertiary/aromatic N) is 1. The second kappa shape index (κ2) is 7.41. The van der Waals surface area contributed by atoms with Crippen molar-refractivity contribution in [2.75, 3.05) is 19.6 Å². The molecular formula is C16H31N3O. The Morgan fingerprint density at radius 2 is 1.95 bits per heavy atom. The number of rotatable bonds is 5. The molecule has 0 radical (unpaired) electrons. The van der Waals surface area contributed by atoms with Crippen molar-refractivity contribution in [2.45, 2.75) is 76.3 Å². The van der Waals surface area contributed by atoms with Crippen molar-refractivity contribution < 1.29 is 4.79 Å². The minimum Gasteiger partial charge on any atom is -0.368 e. The molecule has 4 nitrogen and oxygen atoms in total. The third-order valence-electron chi connectivity index (χ3n) is 5.03. The van der Waals surface area contributed by atoms with Crippen molar-refractivity contribution in [3.8, 4) is 0 Å². The SMILES string of the molecule is CCCN1CCCC(NC2CCCCC2)(C(N)=O)CC1. The van der Waals surface area contributed by atoms with Crippen LogP contribution < -0.4 is 11.1 Å². The number of hydrogen-bond acceptors (Lipinski definition) is 3. The molecule has 1 heterocycles. The highest BCUT2D eigenvalue weighted by Crippen LogP contribution is 2.27. The molecule has 0 aromatic heterocycles. The average molecular weight is 281 g/mol. The van der Waals surface area contributed by atoms with Gasteiger partial charge in [0.1, 0.15) is 0 Å². The van der Waals surface area contributed by atoms with Gasteiger partial charge < -0.3 is 16.0 Å². The Balaban J connectivity index is 1.99. The molecule has 116 valence electrons. The van der Waals surface area contributed by atoms with E-state index in [1.54, 1.807) is 0 Å². The number of nitrogens with one attached hydrogen (secondary N) is 1. The van der Waals surface area contributed by atoms with E-state index >= 15 is 0 Å². The number of amides is 1. The summed E-state index contributed by atoms with van der Waals surface area (Å²) in [6.07, 6.45) is 10.3. The minimum absolute atomic E-state index is 0.138. The summed E-state index contributed by atoms with van der Waals surface area (Å²) in [5.74, 6) is -0.138. The number of carbonyl (C=O) groups excluding carboxylic acids is 1. The van der Waals surface area contributed by atoms with Gasteiger partial charge in [-0.25, -0.2) is 0 Å². The average Bonchev–Trinajstić information content (AvgIpc) is 2.64. The predicted molar refractivity (Wildman–Crippen MR) is 82.5 cm³/mol. The third-order valence-corrected chi connectivity index (χ3v) is 5.03. The van der Waals surface area contributed by atoms with Crippen molar-refractivity contribution >= 4 is 5.91 Å². The number of carbonyl (C=O) groups is 1. The first kappa shape index (κ1) is 15.8. The van der Waals surface area contributed by atoms with E-state index in [-0.39, 0.29) is 5.91 Å². The van der Waals surface area contributed by atoms with Crippen LogP contribution in [0.15, 0.2) is 0 Å². The molecule has 0 spiro atoms. The molecule has 2 fully saturated rings. The summed E-state index contributed by atoms with van der Waals surface area (Å²) < 4.78 is 0. The summed E-state index contributed by atoms with van der Waals surface area (Å²) in [5.41, 5.74) is 5.33. The number of hydrogen-bond donors (Lipinski definition) is 2. The van der Waals surface area contributed by atoms with E-state index in [1.807, 2.05) is 0 Å². The van der Waals surface area contributed by atoms with Crippen LogP contribution in [0.25, 0.3) is 0 Å². The smallest absolute Gasteiger partial charge is 0.237 e. The van der Waals surface area contributed by atoms with Crippen LogP contribution in [0.4, 0.5) is 0 Å². The van der Waals surface area contributed by atoms with Gasteiger partial charge in [0.05, 0.1) is 5.54 Å². The lowest BCUT2D eigenvalue weighted by Crippen LogP contribution is -2.59. The first-order chi connectivity index (χ1) is 9.66. The van der Waals surface area contributed by atoms with E-state index < -0.39 is 5.54 Å². The monoisotopic (exact) mass is 281 g/mol. The lowest BCUT2D eigenvalue weighted by molar-refractivity contribution is -0.125. The molecule has 4 heteroatoms. The summed E-state index contributed by atoms with van der Waals surface area (Å²) in [5, 5.41) is 3.67. The molecule has 0 aromatic rings. The Morgan fingerprint density at radius 1 is 1.20 bits per heavy atom. The van der Waals surface area contributed by atoms with Crippen LogP contribution >= 0.6 is 0 Å². The highest BCUT2D eigenvalue weighted by molar-refractivity contribution is 5.84. The molecule has 1 saturated heterocycles. The quantitative estimate of drug-likeness (QED) is 0.810. The first-order valence-corrected chi connectivity index (χ1v) is 8.46. The van der Waals surface area contributed by atoms with Crippen molar-refractivity contribution in [2.24, 2.45) is 5.73 Å². The molecular weight excluding hydrogens is 250 g/mol. The molecule has 20 heavy (non-hydrogen) atoms. The van der Waals surface area contributed by atoms with Crippen molar-refractivity contribution in [1.29, 1.82) is 0 Å². The standard InChI is InChI=1S/C16H31N3O/c1-2-11-19-12-6-9-16(10-13-19,15(17)20)18-14-7-4-3-5-8-14/h14,18H,2-13H2,1H3,(H2,17,20). The Kier molecular flexibility index (Phi) is 5.85. The fraction of sp³-hybridized carbons (Fsp3) is 0.938. The van der Waals surface area contributed by atoms with Gasteiger partial charge in [-0.05, 0) is 51.6 Å². The van der Waals surface area contributed by atoms with E-state index in [0.717, 1.165) is 38.9 Å². The third kappa shape index (κ3) is 3.95. The lowest BCUT2D eigenvalue weighted by atomic mass is 9.86. The van der Waals surface area contributed by atoms with E-state index in [4.69, 9.17) is 5.73 Å². The summed E-state index contributed by atoms with van der Waals surface area (Å²) in [6.45, 7) is 5.45. The van der Waals surface area contributed by atoms with Gasteiger partial charge in [-0.15, -0.1) is 0 Å². The van der Waals surface area contributed by atoms with Gasteiger partial charge in [-0.2, -0.15) is 0 Å². The van der Waals surface area contributed by atoms with Gasteiger partial charge in [-0.1, -0.05) is 26.2 Å². The maximum absolute atomic E-state index is 12.1. The van der Waals surface area contributed by atoms with E-state index in [0.29, 0.717) is 6.04 Å². The van der Waals surface area contributed by atoms with Crippen LogP contribution in [0.5, 0.6) is 0 Å². The zero-order chi connectivity index (χ0) is 14.4. The molecule has 2 aliphatic rings. The lowest BCUT2D eigenvalue weighted by Gasteiger charge is -2.36. The summed E-state index contributed by atoms with van der Waals surface area (Å²) in [4.78, 5) is 14.6. The number of primary amides is 1. The molecule has 1 aliphatic heterocycles. The largest absolute Gasteiger partial charge is 0.368 e. The van der Waals surface area contributed by atoms with Crippen molar-refractivity contribution in [3.05, 3.63) is 0 Å². The Morgan fingerprint density at radius 3 is 2.60 bits per heavy atom. The first-order valence-electron chi connectivity index (χ1n) is 8.46. The number of nitrogens with two attached hydrogens (primary N) is 1.